The van der Waals surface area contributed by atoms with Crippen LogP contribution in [0, 0.1) is 24.4 Å². The molecular weight excluding hydrogens is 442 g/mol. The Morgan fingerprint density at radius 3 is 2.13 bits per heavy atom. The van der Waals surface area contributed by atoms with Crippen molar-refractivity contribution in [1.29, 1.82) is 0 Å². The third-order valence-electron chi connectivity index (χ3n) is 4.72. The SMILES string of the molecule is CCn1c(C)c(-c2cc(F)c(F)c(F)c2)c(=O)c(C(=O)O)c1-c1ccc(Cl)c(Cl)c1. The molecular formula is C21H14Cl2F3NO3. The van der Waals surface area contributed by atoms with Gasteiger partial charge in [0, 0.05) is 23.4 Å². The predicted octanol–water partition coefficient (Wildman–Crippen LogP) is 5.93. The molecule has 0 saturated carbocycles. The number of hydrogen-bond acceptors (Lipinski definition) is 2. The maximum absolute atomic E-state index is 13.8. The van der Waals surface area contributed by atoms with Crippen LogP contribution in [0.4, 0.5) is 13.2 Å². The summed E-state index contributed by atoms with van der Waals surface area (Å²) in [6.07, 6.45) is 0. The summed E-state index contributed by atoms with van der Waals surface area (Å²) < 4.78 is 42.5. The molecule has 0 amide bonds. The zero-order valence-electron chi connectivity index (χ0n) is 15.7. The van der Waals surface area contributed by atoms with Crippen molar-refractivity contribution >= 4 is 29.2 Å². The number of aromatic carboxylic acids is 1. The molecule has 0 aliphatic heterocycles. The van der Waals surface area contributed by atoms with E-state index < -0.39 is 34.4 Å². The number of carboxylic acid groups (broad SMARTS) is 1. The number of aromatic nitrogens is 1. The first-order valence-corrected chi connectivity index (χ1v) is 9.45. The van der Waals surface area contributed by atoms with Crippen LogP contribution in [0.2, 0.25) is 10.0 Å². The van der Waals surface area contributed by atoms with Crippen LogP contribution in [-0.2, 0) is 6.54 Å². The van der Waals surface area contributed by atoms with Crippen LogP contribution >= 0.6 is 23.2 Å². The van der Waals surface area contributed by atoms with Crippen LogP contribution in [0.5, 0.6) is 0 Å². The number of carboxylic acids is 1. The molecule has 0 spiro atoms. The summed E-state index contributed by atoms with van der Waals surface area (Å²) >= 11 is 12.0. The van der Waals surface area contributed by atoms with Crippen molar-refractivity contribution in [3.63, 3.8) is 0 Å². The minimum absolute atomic E-state index is 0.0675. The maximum Gasteiger partial charge on any atom is 0.341 e. The smallest absolute Gasteiger partial charge is 0.341 e. The van der Waals surface area contributed by atoms with Crippen molar-refractivity contribution in [2.24, 2.45) is 0 Å². The summed E-state index contributed by atoms with van der Waals surface area (Å²) in [4.78, 5) is 25.2. The lowest BCUT2D eigenvalue weighted by molar-refractivity contribution is 0.0695. The van der Waals surface area contributed by atoms with Gasteiger partial charge in [-0.05, 0) is 43.7 Å². The van der Waals surface area contributed by atoms with E-state index in [0.717, 1.165) is 0 Å². The normalized spacial score (nSPS) is 11.0. The minimum Gasteiger partial charge on any atom is -0.477 e. The first kappa shape index (κ1) is 21.9. The topological polar surface area (TPSA) is 59.3 Å². The number of hydrogen-bond donors (Lipinski definition) is 1. The van der Waals surface area contributed by atoms with Gasteiger partial charge in [-0.25, -0.2) is 18.0 Å². The maximum atomic E-state index is 13.8. The Morgan fingerprint density at radius 1 is 1.03 bits per heavy atom. The fraction of sp³-hybridized carbons (Fsp3) is 0.143. The highest BCUT2D eigenvalue weighted by atomic mass is 35.5. The first-order chi connectivity index (χ1) is 14.1. The van der Waals surface area contributed by atoms with Crippen molar-refractivity contribution < 1.29 is 23.1 Å². The van der Waals surface area contributed by atoms with E-state index in [0.29, 0.717) is 17.7 Å². The van der Waals surface area contributed by atoms with Gasteiger partial charge in [0.1, 0.15) is 5.56 Å². The molecule has 0 aliphatic rings. The molecule has 0 atom stereocenters. The molecule has 30 heavy (non-hydrogen) atoms. The summed E-state index contributed by atoms with van der Waals surface area (Å²) in [5.74, 6) is -6.19. The molecule has 0 radical (unpaired) electrons. The van der Waals surface area contributed by atoms with E-state index in [-0.39, 0.29) is 39.1 Å². The molecule has 3 rings (SSSR count). The van der Waals surface area contributed by atoms with Gasteiger partial charge >= 0.3 is 5.97 Å². The van der Waals surface area contributed by atoms with Crippen LogP contribution in [0.15, 0.2) is 35.1 Å². The summed E-state index contributed by atoms with van der Waals surface area (Å²) in [5.41, 5.74) is -1.43. The number of rotatable bonds is 4. The molecule has 3 aromatic rings. The van der Waals surface area contributed by atoms with Crippen molar-refractivity contribution in [3.05, 3.63) is 79.3 Å². The summed E-state index contributed by atoms with van der Waals surface area (Å²) in [7, 11) is 0. The van der Waals surface area contributed by atoms with Gasteiger partial charge in [0.2, 0.25) is 5.43 Å². The summed E-state index contributed by atoms with van der Waals surface area (Å²) in [6, 6.07) is 5.72. The van der Waals surface area contributed by atoms with Crippen molar-refractivity contribution in [2.75, 3.05) is 0 Å². The van der Waals surface area contributed by atoms with E-state index in [9.17, 15) is 27.9 Å². The van der Waals surface area contributed by atoms with Gasteiger partial charge in [-0.15, -0.1) is 0 Å². The molecule has 1 N–H and O–H groups in total. The first-order valence-electron chi connectivity index (χ1n) is 8.69. The van der Waals surface area contributed by atoms with Crippen LogP contribution < -0.4 is 5.43 Å². The fourth-order valence-corrected chi connectivity index (χ4v) is 3.71. The molecule has 0 saturated heterocycles. The average Bonchev–Trinajstić information content (AvgIpc) is 2.67. The molecule has 2 aromatic carbocycles. The fourth-order valence-electron chi connectivity index (χ4n) is 3.41. The lowest BCUT2D eigenvalue weighted by Gasteiger charge is -2.21. The Morgan fingerprint density at radius 2 is 1.63 bits per heavy atom. The molecule has 1 heterocycles. The largest absolute Gasteiger partial charge is 0.477 e. The highest BCUT2D eigenvalue weighted by molar-refractivity contribution is 6.42. The molecule has 1 aromatic heterocycles. The molecule has 0 fully saturated rings. The molecule has 0 aliphatic carbocycles. The Hall–Kier alpha value is -2.77. The van der Waals surface area contributed by atoms with Gasteiger partial charge in [-0.2, -0.15) is 0 Å². The van der Waals surface area contributed by atoms with Crippen LogP contribution in [0.25, 0.3) is 22.4 Å². The van der Waals surface area contributed by atoms with E-state index in [1.54, 1.807) is 6.92 Å². The number of pyridine rings is 1. The number of benzene rings is 2. The lowest BCUT2D eigenvalue weighted by atomic mass is 9.96. The highest BCUT2D eigenvalue weighted by Gasteiger charge is 2.26. The molecule has 156 valence electrons. The quantitative estimate of drug-likeness (QED) is 0.495. The van der Waals surface area contributed by atoms with Gasteiger partial charge in [0.15, 0.2) is 17.5 Å². The molecule has 0 unspecified atom stereocenters. The predicted molar refractivity (Wildman–Crippen MR) is 109 cm³/mol. The van der Waals surface area contributed by atoms with Crippen LogP contribution in [0.1, 0.15) is 23.0 Å². The van der Waals surface area contributed by atoms with Gasteiger partial charge in [-0.1, -0.05) is 29.3 Å². The zero-order chi connectivity index (χ0) is 22.3. The summed E-state index contributed by atoms with van der Waals surface area (Å²) in [6.45, 7) is 3.44. The highest BCUT2D eigenvalue weighted by Crippen LogP contribution is 2.33. The zero-order valence-corrected chi connectivity index (χ0v) is 17.2. The van der Waals surface area contributed by atoms with E-state index in [1.807, 2.05) is 0 Å². The monoisotopic (exact) mass is 455 g/mol. The second-order valence-corrected chi connectivity index (χ2v) is 7.26. The number of nitrogens with zero attached hydrogens (tertiary/aromatic N) is 1. The van der Waals surface area contributed by atoms with Crippen LogP contribution in [-0.4, -0.2) is 15.6 Å². The third kappa shape index (κ3) is 3.59. The van der Waals surface area contributed by atoms with Gasteiger partial charge in [0.25, 0.3) is 0 Å². The van der Waals surface area contributed by atoms with E-state index in [2.05, 4.69) is 0 Å². The van der Waals surface area contributed by atoms with E-state index in [1.165, 1.54) is 29.7 Å². The number of halogens is 5. The summed E-state index contributed by atoms with van der Waals surface area (Å²) in [5, 5.41) is 10.2. The molecule has 0 bridgehead atoms. The van der Waals surface area contributed by atoms with Gasteiger partial charge in [0.05, 0.1) is 15.7 Å². The van der Waals surface area contributed by atoms with E-state index in [4.69, 9.17) is 23.2 Å². The van der Waals surface area contributed by atoms with Crippen molar-refractivity contribution in [3.8, 4) is 22.4 Å². The second-order valence-electron chi connectivity index (χ2n) is 6.45. The Bertz CT molecular complexity index is 1230. The van der Waals surface area contributed by atoms with Crippen LogP contribution in [0.3, 0.4) is 0 Å². The van der Waals surface area contributed by atoms with E-state index >= 15 is 0 Å². The van der Waals surface area contributed by atoms with Gasteiger partial charge in [-0.3, -0.25) is 4.79 Å². The number of carbonyl (C=O) groups is 1. The lowest BCUT2D eigenvalue weighted by Crippen LogP contribution is -2.25. The molecule has 4 nitrogen and oxygen atoms in total. The minimum atomic E-state index is -1.68. The Kier molecular flexibility index (Phi) is 5.97. The van der Waals surface area contributed by atoms with Gasteiger partial charge < -0.3 is 9.67 Å². The third-order valence-corrected chi connectivity index (χ3v) is 5.46. The molecule has 9 heteroatoms. The Labute approximate surface area is 179 Å². The van der Waals surface area contributed by atoms with Crippen molar-refractivity contribution in [1.82, 2.24) is 4.57 Å². The standard InChI is InChI=1S/C21H14Cl2F3NO3/c1-3-27-9(2)16(11-7-14(24)18(26)15(25)8-11)20(28)17(21(29)30)19(27)10-4-5-12(22)13(23)6-10/h4-8H,3H2,1-2H3,(H,29,30). The average molecular weight is 456 g/mol. The Balaban J connectivity index is 2.47. The second kappa shape index (κ2) is 8.16. The van der Waals surface area contributed by atoms with Crippen molar-refractivity contribution in [2.45, 2.75) is 20.4 Å².